The Labute approximate surface area is 156 Å². The number of para-hydroxylation sites is 1. The van der Waals surface area contributed by atoms with Crippen molar-refractivity contribution in [3.8, 4) is 11.1 Å². The molecule has 0 unspecified atom stereocenters. The molecule has 0 aliphatic rings. The lowest BCUT2D eigenvalue weighted by Gasteiger charge is -2.11. The van der Waals surface area contributed by atoms with E-state index in [9.17, 15) is 9.59 Å². The number of amides is 1. The predicted octanol–water partition coefficient (Wildman–Crippen LogP) is 5.02. The van der Waals surface area contributed by atoms with Gasteiger partial charge in [0.1, 0.15) is 5.58 Å². The Hall–Kier alpha value is -3.66. The molecule has 27 heavy (non-hydrogen) atoms. The molecule has 0 saturated carbocycles. The molecule has 1 aromatic heterocycles. The SMILES string of the molecule is Cc1ccc(C(=O)Nc2oc3ccccc3c(=O)c2-c2ccccc2)cc1. The third-order valence-corrected chi connectivity index (χ3v) is 4.40. The van der Waals surface area contributed by atoms with Crippen molar-refractivity contribution in [2.45, 2.75) is 6.92 Å². The Morgan fingerprint density at radius 1 is 0.852 bits per heavy atom. The average Bonchev–Trinajstić information content (AvgIpc) is 2.69. The molecular formula is C23H17NO3. The number of anilines is 1. The van der Waals surface area contributed by atoms with Crippen molar-refractivity contribution in [2.75, 3.05) is 5.32 Å². The standard InChI is InChI=1S/C23H17NO3/c1-15-11-13-17(14-12-15)22(26)24-23-20(16-7-3-2-4-8-16)21(25)18-9-5-6-10-19(18)27-23/h2-14H,1H3,(H,24,26). The summed E-state index contributed by atoms with van der Waals surface area (Å²) < 4.78 is 5.91. The Kier molecular flexibility index (Phi) is 4.30. The van der Waals surface area contributed by atoms with Gasteiger partial charge in [-0.25, -0.2) is 0 Å². The van der Waals surface area contributed by atoms with Gasteiger partial charge in [-0.15, -0.1) is 0 Å². The lowest BCUT2D eigenvalue weighted by molar-refractivity contribution is 0.102. The summed E-state index contributed by atoms with van der Waals surface area (Å²) in [5.41, 5.74) is 2.85. The molecule has 0 aliphatic heterocycles. The second kappa shape index (κ2) is 6.92. The molecule has 0 aliphatic carbocycles. The van der Waals surface area contributed by atoms with Crippen LogP contribution in [0.15, 0.2) is 88.1 Å². The van der Waals surface area contributed by atoms with Crippen molar-refractivity contribution in [3.63, 3.8) is 0 Å². The Bertz CT molecular complexity index is 1180. The number of rotatable bonds is 3. The first-order valence-electron chi connectivity index (χ1n) is 8.63. The van der Waals surface area contributed by atoms with Gasteiger partial charge in [0.25, 0.3) is 5.91 Å². The monoisotopic (exact) mass is 355 g/mol. The zero-order valence-electron chi connectivity index (χ0n) is 14.7. The van der Waals surface area contributed by atoms with Gasteiger partial charge in [0.2, 0.25) is 11.3 Å². The van der Waals surface area contributed by atoms with E-state index in [4.69, 9.17) is 4.42 Å². The summed E-state index contributed by atoms with van der Waals surface area (Å²) in [6.07, 6.45) is 0. The van der Waals surface area contributed by atoms with Gasteiger partial charge < -0.3 is 4.42 Å². The molecule has 4 nitrogen and oxygen atoms in total. The fraction of sp³-hybridized carbons (Fsp3) is 0.0435. The molecule has 0 spiro atoms. The minimum atomic E-state index is -0.328. The minimum absolute atomic E-state index is 0.149. The van der Waals surface area contributed by atoms with Crippen LogP contribution >= 0.6 is 0 Å². The highest BCUT2D eigenvalue weighted by Gasteiger charge is 2.18. The molecular weight excluding hydrogens is 338 g/mol. The second-order valence-electron chi connectivity index (χ2n) is 6.32. The van der Waals surface area contributed by atoms with E-state index >= 15 is 0 Å². The van der Waals surface area contributed by atoms with Crippen molar-refractivity contribution in [1.82, 2.24) is 0 Å². The first-order valence-corrected chi connectivity index (χ1v) is 8.63. The summed E-state index contributed by atoms with van der Waals surface area (Å²) in [6, 6.07) is 23.4. The molecule has 0 radical (unpaired) electrons. The van der Waals surface area contributed by atoms with E-state index in [1.807, 2.05) is 49.4 Å². The fourth-order valence-corrected chi connectivity index (χ4v) is 2.98. The van der Waals surface area contributed by atoms with E-state index in [0.29, 0.717) is 27.7 Å². The zero-order chi connectivity index (χ0) is 18.8. The van der Waals surface area contributed by atoms with Crippen LogP contribution in [0.5, 0.6) is 0 Å². The van der Waals surface area contributed by atoms with Crippen LogP contribution in [0.1, 0.15) is 15.9 Å². The number of carbonyl (C=O) groups is 1. The van der Waals surface area contributed by atoms with Crippen LogP contribution in [0.25, 0.3) is 22.1 Å². The minimum Gasteiger partial charge on any atom is -0.439 e. The summed E-state index contributed by atoms with van der Waals surface area (Å²) in [5.74, 6) is -0.180. The molecule has 1 N–H and O–H groups in total. The third kappa shape index (κ3) is 3.25. The van der Waals surface area contributed by atoms with Crippen LogP contribution in [0.2, 0.25) is 0 Å². The van der Waals surface area contributed by atoms with E-state index < -0.39 is 0 Å². The van der Waals surface area contributed by atoms with Gasteiger partial charge in [0, 0.05) is 5.56 Å². The highest BCUT2D eigenvalue weighted by atomic mass is 16.4. The molecule has 4 heteroatoms. The number of aryl methyl sites for hydroxylation is 1. The maximum Gasteiger partial charge on any atom is 0.257 e. The fourth-order valence-electron chi connectivity index (χ4n) is 2.98. The van der Waals surface area contributed by atoms with Crippen molar-refractivity contribution in [2.24, 2.45) is 0 Å². The molecule has 1 heterocycles. The predicted molar refractivity (Wildman–Crippen MR) is 107 cm³/mol. The van der Waals surface area contributed by atoms with Crippen LogP contribution in [0.3, 0.4) is 0 Å². The topological polar surface area (TPSA) is 59.3 Å². The van der Waals surface area contributed by atoms with Crippen molar-refractivity contribution >= 4 is 22.8 Å². The lowest BCUT2D eigenvalue weighted by atomic mass is 10.0. The molecule has 0 saturated heterocycles. The Balaban J connectivity index is 1.87. The summed E-state index contributed by atoms with van der Waals surface area (Å²) in [6.45, 7) is 1.96. The Morgan fingerprint density at radius 3 is 2.26 bits per heavy atom. The molecule has 0 atom stereocenters. The summed E-state index contributed by atoms with van der Waals surface area (Å²) in [5, 5.41) is 3.25. The molecule has 0 fully saturated rings. The highest BCUT2D eigenvalue weighted by Crippen LogP contribution is 2.28. The quantitative estimate of drug-likeness (QED) is 0.561. The van der Waals surface area contributed by atoms with Crippen LogP contribution in [0.4, 0.5) is 5.88 Å². The normalized spacial score (nSPS) is 10.7. The zero-order valence-corrected chi connectivity index (χ0v) is 14.7. The first kappa shape index (κ1) is 16.8. The van der Waals surface area contributed by atoms with Gasteiger partial charge in [-0.1, -0.05) is 60.2 Å². The van der Waals surface area contributed by atoms with Crippen LogP contribution in [0, 0.1) is 6.92 Å². The number of benzene rings is 3. The number of hydrogen-bond acceptors (Lipinski definition) is 3. The van der Waals surface area contributed by atoms with Crippen LogP contribution in [-0.2, 0) is 0 Å². The van der Waals surface area contributed by atoms with Gasteiger partial charge in [-0.2, -0.15) is 0 Å². The summed E-state index contributed by atoms with van der Waals surface area (Å²) in [7, 11) is 0. The smallest absolute Gasteiger partial charge is 0.257 e. The Morgan fingerprint density at radius 2 is 1.52 bits per heavy atom. The first-order chi connectivity index (χ1) is 13.1. The number of nitrogens with one attached hydrogen (secondary N) is 1. The van der Waals surface area contributed by atoms with Crippen LogP contribution < -0.4 is 10.7 Å². The number of fused-ring (bicyclic) bond motifs is 1. The molecule has 132 valence electrons. The van der Waals surface area contributed by atoms with Crippen molar-refractivity contribution in [1.29, 1.82) is 0 Å². The third-order valence-electron chi connectivity index (χ3n) is 4.40. The summed E-state index contributed by atoms with van der Waals surface area (Å²) >= 11 is 0. The van der Waals surface area contributed by atoms with Gasteiger partial charge in [0.05, 0.1) is 10.9 Å². The van der Waals surface area contributed by atoms with E-state index in [-0.39, 0.29) is 17.2 Å². The number of hydrogen-bond donors (Lipinski definition) is 1. The van der Waals surface area contributed by atoms with E-state index in [0.717, 1.165) is 5.56 Å². The van der Waals surface area contributed by atoms with Crippen molar-refractivity contribution < 1.29 is 9.21 Å². The van der Waals surface area contributed by atoms with Gasteiger partial charge >= 0.3 is 0 Å². The second-order valence-corrected chi connectivity index (χ2v) is 6.32. The number of carbonyl (C=O) groups excluding carboxylic acids is 1. The summed E-state index contributed by atoms with van der Waals surface area (Å²) in [4.78, 5) is 25.8. The van der Waals surface area contributed by atoms with E-state index in [2.05, 4.69) is 5.32 Å². The molecule has 1 amide bonds. The largest absolute Gasteiger partial charge is 0.439 e. The van der Waals surface area contributed by atoms with Crippen LogP contribution in [-0.4, -0.2) is 5.91 Å². The lowest BCUT2D eigenvalue weighted by Crippen LogP contribution is -2.16. The molecule has 4 aromatic rings. The maximum atomic E-state index is 13.1. The molecule has 3 aromatic carbocycles. The molecule has 0 bridgehead atoms. The van der Waals surface area contributed by atoms with Gasteiger partial charge in [0.15, 0.2) is 0 Å². The van der Waals surface area contributed by atoms with E-state index in [1.54, 1.807) is 36.4 Å². The van der Waals surface area contributed by atoms with E-state index in [1.165, 1.54) is 0 Å². The highest BCUT2D eigenvalue weighted by molar-refractivity contribution is 6.06. The van der Waals surface area contributed by atoms with Gasteiger partial charge in [-0.3, -0.25) is 14.9 Å². The average molecular weight is 355 g/mol. The molecule has 4 rings (SSSR count). The van der Waals surface area contributed by atoms with Crippen molar-refractivity contribution in [3.05, 3.63) is 100 Å². The van der Waals surface area contributed by atoms with Gasteiger partial charge in [-0.05, 0) is 36.8 Å². The maximum absolute atomic E-state index is 13.1.